The highest BCUT2D eigenvalue weighted by molar-refractivity contribution is 7.90. The van der Waals surface area contributed by atoms with Crippen LogP contribution in [0.4, 0.5) is 5.69 Å². The maximum Gasteiger partial charge on any atom is 0.213 e. The molecule has 0 amide bonds. The molecule has 24 heavy (non-hydrogen) atoms. The lowest BCUT2D eigenvalue weighted by Gasteiger charge is -2.11. The molecule has 2 N–H and O–H groups in total. The predicted octanol–water partition coefficient (Wildman–Crippen LogP) is 3.89. The van der Waals surface area contributed by atoms with Gasteiger partial charge >= 0.3 is 0 Å². The average molecular weight is 353 g/mol. The molecule has 2 rings (SSSR count). The van der Waals surface area contributed by atoms with Crippen LogP contribution in [0.15, 0.2) is 18.2 Å². The van der Waals surface area contributed by atoms with E-state index in [2.05, 4.69) is 42.1 Å². The van der Waals surface area contributed by atoms with E-state index < -0.39 is 10.0 Å². The Bertz CT molecular complexity index is 641. The molecule has 4 nitrogen and oxygen atoms in total. The minimum atomic E-state index is -3.11. The zero-order chi connectivity index (χ0) is 17.7. The normalized spacial score (nSPS) is 20.4. The lowest BCUT2D eigenvalue weighted by Crippen LogP contribution is -2.31. The highest BCUT2D eigenvalue weighted by Gasteiger charge is 2.25. The van der Waals surface area contributed by atoms with Crippen LogP contribution in [-0.2, 0) is 16.4 Å². The van der Waals surface area contributed by atoms with Crippen molar-refractivity contribution in [1.29, 1.82) is 0 Å². The molecule has 1 aromatic rings. The molecule has 0 radical (unpaired) electrons. The van der Waals surface area contributed by atoms with Crippen molar-refractivity contribution in [3.63, 3.8) is 0 Å². The number of nitrogens with one attached hydrogen (secondary N) is 2. The van der Waals surface area contributed by atoms with E-state index in [4.69, 9.17) is 0 Å². The Morgan fingerprint density at radius 1 is 1.12 bits per heavy atom. The minimum Gasteiger partial charge on any atom is -0.385 e. The molecular formula is C19H32N2O2S. The molecule has 136 valence electrons. The summed E-state index contributed by atoms with van der Waals surface area (Å²) in [6, 6.07) is 6.75. The first-order valence-corrected chi connectivity index (χ1v) is 10.7. The van der Waals surface area contributed by atoms with Gasteiger partial charge in [-0.1, -0.05) is 26.3 Å². The Hall–Kier alpha value is -1.07. The number of unbranched alkanes of at least 4 members (excludes halogenated alkanes) is 2. The number of sulfonamides is 1. The molecule has 0 saturated carbocycles. The van der Waals surface area contributed by atoms with Crippen LogP contribution in [0.1, 0.15) is 64.0 Å². The summed E-state index contributed by atoms with van der Waals surface area (Å²) in [7, 11) is -3.11. The number of anilines is 1. The zero-order valence-electron chi connectivity index (χ0n) is 15.4. The first kappa shape index (κ1) is 19.3. The molecule has 1 aliphatic carbocycles. The van der Waals surface area contributed by atoms with Crippen molar-refractivity contribution >= 4 is 15.7 Å². The first-order valence-electron chi connectivity index (χ1n) is 9.16. The second kappa shape index (κ2) is 8.34. The van der Waals surface area contributed by atoms with E-state index in [9.17, 15) is 8.42 Å². The molecular weight excluding hydrogens is 320 g/mol. The largest absolute Gasteiger partial charge is 0.385 e. The Morgan fingerprint density at radius 2 is 1.83 bits per heavy atom. The van der Waals surface area contributed by atoms with E-state index in [0.29, 0.717) is 12.5 Å². The third-order valence-electron chi connectivity index (χ3n) is 5.14. The summed E-state index contributed by atoms with van der Waals surface area (Å²) in [6.07, 6.45) is 4.13. The van der Waals surface area contributed by atoms with Gasteiger partial charge in [0.25, 0.3) is 0 Å². The fourth-order valence-corrected chi connectivity index (χ4v) is 3.97. The van der Waals surface area contributed by atoms with Crippen molar-refractivity contribution in [2.45, 2.75) is 64.5 Å². The highest BCUT2D eigenvalue weighted by Crippen LogP contribution is 2.38. The van der Waals surface area contributed by atoms with Gasteiger partial charge in [-0.3, -0.25) is 0 Å². The lowest BCUT2D eigenvalue weighted by atomic mass is 9.97. The van der Waals surface area contributed by atoms with E-state index in [-0.39, 0.29) is 5.25 Å². The maximum atomic E-state index is 11.6. The van der Waals surface area contributed by atoms with Crippen LogP contribution in [0.5, 0.6) is 0 Å². The van der Waals surface area contributed by atoms with Crippen molar-refractivity contribution < 1.29 is 8.42 Å². The molecule has 0 aromatic heterocycles. The van der Waals surface area contributed by atoms with Crippen molar-refractivity contribution in [3.8, 4) is 0 Å². The molecule has 0 aliphatic heterocycles. The van der Waals surface area contributed by atoms with Crippen molar-refractivity contribution in [1.82, 2.24) is 4.72 Å². The van der Waals surface area contributed by atoms with Gasteiger partial charge < -0.3 is 5.32 Å². The second-order valence-corrected chi connectivity index (χ2v) is 9.68. The molecule has 0 fully saturated rings. The highest BCUT2D eigenvalue weighted by atomic mass is 32.2. The van der Waals surface area contributed by atoms with Crippen LogP contribution < -0.4 is 10.0 Å². The van der Waals surface area contributed by atoms with Gasteiger partial charge in [-0.15, -0.1) is 0 Å². The Kier molecular flexibility index (Phi) is 6.70. The monoisotopic (exact) mass is 352 g/mol. The minimum absolute atomic E-state index is 0.357. The van der Waals surface area contributed by atoms with E-state index in [1.807, 2.05) is 0 Å². The van der Waals surface area contributed by atoms with Gasteiger partial charge in [0, 0.05) is 18.8 Å². The second-order valence-electron chi connectivity index (χ2n) is 7.36. The quantitative estimate of drug-likeness (QED) is 0.663. The summed E-state index contributed by atoms with van der Waals surface area (Å²) < 4.78 is 25.9. The molecule has 0 bridgehead atoms. The van der Waals surface area contributed by atoms with Crippen LogP contribution in [-0.4, -0.2) is 26.8 Å². The number of rotatable bonds is 9. The smallest absolute Gasteiger partial charge is 0.213 e. The van der Waals surface area contributed by atoms with Crippen LogP contribution in [0.3, 0.4) is 0 Å². The van der Waals surface area contributed by atoms with Gasteiger partial charge in [0.1, 0.15) is 0 Å². The zero-order valence-corrected chi connectivity index (χ0v) is 16.2. The van der Waals surface area contributed by atoms with Crippen LogP contribution >= 0.6 is 0 Å². The van der Waals surface area contributed by atoms with Gasteiger partial charge in [0.2, 0.25) is 10.0 Å². The van der Waals surface area contributed by atoms with Gasteiger partial charge in [0.05, 0.1) is 5.25 Å². The molecule has 2 unspecified atom stereocenters. The molecule has 0 saturated heterocycles. The third-order valence-corrected chi connectivity index (χ3v) is 6.98. The summed E-state index contributed by atoms with van der Waals surface area (Å²) in [6.45, 7) is 9.51. The van der Waals surface area contributed by atoms with Gasteiger partial charge in [-0.2, -0.15) is 0 Å². The standard InChI is InChI=1S/C19H32N2O2S/c1-14(2)24(22,23)21-11-7-5-6-10-20-18-8-9-19-16(4)15(3)12-17(19)13-18/h8-9,13-16,20-21H,5-7,10-12H2,1-4H3. The van der Waals surface area contributed by atoms with E-state index in [1.165, 1.54) is 23.2 Å². The van der Waals surface area contributed by atoms with E-state index >= 15 is 0 Å². The average Bonchev–Trinajstić information content (AvgIpc) is 2.80. The Morgan fingerprint density at radius 3 is 2.54 bits per heavy atom. The number of fused-ring (bicyclic) bond motifs is 1. The van der Waals surface area contributed by atoms with E-state index in [1.54, 1.807) is 13.8 Å². The topological polar surface area (TPSA) is 58.2 Å². The third kappa shape index (κ3) is 4.96. The molecule has 1 aromatic carbocycles. The number of hydrogen-bond donors (Lipinski definition) is 2. The Balaban J connectivity index is 1.65. The van der Waals surface area contributed by atoms with Crippen LogP contribution in [0.25, 0.3) is 0 Å². The van der Waals surface area contributed by atoms with Crippen molar-refractivity contribution in [2.24, 2.45) is 5.92 Å². The molecule has 5 heteroatoms. The van der Waals surface area contributed by atoms with Crippen molar-refractivity contribution in [2.75, 3.05) is 18.4 Å². The SMILES string of the molecule is CC1Cc2cc(NCCCCCNS(=O)(=O)C(C)C)ccc2C1C. The van der Waals surface area contributed by atoms with Crippen molar-refractivity contribution in [3.05, 3.63) is 29.3 Å². The Labute approximate surface area is 147 Å². The predicted molar refractivity (Wildman–Crippen MR) is 102 cm³/mol. The van der Waals surface area contributed by atoms with E-state index in [0.717, 1.165) is 31.7 Å². The summed E-state index contributed by atoms with van der Waals surface area (Å²) in [5, 5.41) is 3.13. The summed E-state index contributed by atoms with van der Waals surface area (Å²) >= 11 is 0. The van der Waals surface area contributed by atoms with Gasteiger partial charge in [0.15, 0.2) is 0 Å². The number of benzene rings is 1. The fraction of sp³-hybridized carbons (Fsp3) is 0.684. The lowest BCUT2D eigenvalue weighted by molar-refractivity contribution is 0.532. The molecule has 1 aliphatic rings. The molecule has 0 spiro atoms. The van der Waals surface area contributed by atoms with Crippen LogP contribution in [0.2, 0.25) is 0 Å². The summed E-state index contributed by atoms with van der Waals surface area (Å²) in [5.74, 6) is 1.41. The summed E-state index contributed by atoms with van der Waals surface area (Å²) in [4.78, 5) is 0. The first-order chi connectivity index (χ1) is 11.3. The fourth-order valence-electron chi connectivity index (χ4n) is 3.21. The summed E-state index contributed by atoms with van der Waals surface area (Å²) in [5.41, 5.74) is 4.20. The molecule has 0 heterocycles. The van der Waals surface area contributed by atoms with Gasteiger partial charge in [-0.25, -0.2) is 13.1 Å². The number of hydrogen-bond acceptors (Lipinski definition) is 3. The van der Waals surface area contributed by atoms with Gasteiger partial charge in [-0.05, 0) is 68.2 Å². The van der Waals surface area contributed by atoms with Crippen LogP contribution in [0, 0.1) is 5.92 Å². The maximum absolute atomic E-state index is 11.6. The molecule has 2 atom stereocenters.